The van der Waals surface area contributed by atoms with Crippen LogP contribution in [0.1, 0.15) is 43.6 Å². The number of nitrogens with one attached hydrogen (secondary N) is 3. The number of pyridine rings is 1. The molecule has 0 bridgehead atoms. The molecule has 0 saturated carbocycles. The van der Waals surface area contributed by atoms with E-state index in [2.05, 4.69) is 20.6 Å². The topological polar surface area (TPSA) is 185 Å². The Bertz CT molecular complexity index is 2180. The Morgan fingerprint density at radius 2 is 1.65 bits per heavy atom. The number of nitrogens with zero attached hydrogens (tertiary/aromatic N) is 1. The van der Waals surface area contributed by atoms with E-state index in [-0.39, 0.29) is 46.9 Å². The van der Waals surface area contributed by atoms with E-state index < -0.39 is 17.7 Å². The number of aromatic hydroxyl groups is 1. The quantitative estimate of drug-likeness (QED) is 0.0985. The van der Waals surface area contributed by atoms with Crippen molar-refractivity contribution in [3.05, 3.63) is 152 Å². The van der Waals surface area contributed by atoms with Crippen molar-refractivity contribution in [1.29, 1.82) is 0 Å². The Kier molecular flexibility index (Phi) is 9.65. The van der Waals surface area contributed by atoms with E-state index in [0.717, 1.165) is 10.4 Å². The number of thiazole rings is 1. The van der Waals surface area contributed by atoms with Crippen LogP contribution in [-0.2, 0) is 23.5 Å². The molecule has 248 valence electrons. The zero-order valence-electron chi connectivity index (χ0n) is 26.0. The first-order valence-electron chi connectivity index (χ1n) is 15.3. The van der Waals surface area contributed by atoms with Crippen molar-refractivity contribution in [3.63, 3.8) is 0 Å². The summed E-state index contributed by atoms with van der Waals surface area (Å²) >= 11 is 1.35. The molecule has 0 spiro atoms. The van der Waals surface area contributed by atoms with E-state index in [4.69, 9.17) is 0 Å². The monoisotopic (exact) mass is 676 g/mol. The SMILES string of the molecule is O=C(NCc1cnc(-c2cccc([C@](O)(C(=O)O)c3ccccc3)c2)s1)c1ccc(CNC[C@H](O)c2ccc(O)c3[nH]c(=O)ccc23)cc1. The minimum absolute atomic E-state index is 0.0726. The maximum atomic E-state index is 12.9. The van der Waals surface area contributed by atoms with Crippen LogP contribution in [0.4, 0.5) is 0 Å². The van der Waals surface area contributed by atoms with Crippen LogP contribution in [0.2, 0.25) is 0 Å². The fourth-order valence-corrected chi connectivity index (χ4v) is 6.40. The number of H-pyrrole nitrogens is 1. The summed E-state index contributed by atoms with van der Waals surface area (Å²) in [4.78, 5) is 44.6. The van der Waals surface area contributed by atoms with Crippen molar-refractivity contribution in [2.24, 2.45) is 0 Å². The van der Waals surface area contributed by atoms with Gasteiger partial charge in [0.05, 0.1) is 18.2 Å². The number of carboxylic acids is 1. The second-order valence-electron chi connectivity index (χ2n) is 11.4. The molecule has 2 aromatic heterocycles. The number of benzene rings is 4. The van der Waals surface area contributed by atoms with Crippen LogP contribution >= 0.6 is 11.3 Å². The lowest BCUT2D eigenvalue weighted by molar-refractivity contribution is -0.155. The lowest BCUT2D eigenvalue weighted by Crippen LogP contribution is -2.36. The molecule has 7 N–H and O–H groups in total. The van der Waals surface area contributed by atoms with Gasteiger partial charge in [0, 0.05) is 52.3 Å². The lowest BCUT2D eigenvalue weighted by Gasteiger charge is -2.24. The molecule has 2 atom stereocenters. The van der Waals surface area contributed by atoms with Crippen LogP contribution < -0.4 is 16.2 Å². The van der Waals surface area contributed by atoms with Crippen molar-refractivity contribution < 1.29 is 30.0 Å². The number of aliphatic hydroxyl groups is 2. The number of fused-ring (bicyclic) bond motifs is 1. The van der Waals surface area contributed by atoms with Gasteiger partial charge in [-0.15, -0.1) is 11.3 Å². The van der Waals surface area contributed by atoms with Gasteiger partial charge in [0.25, 0.3) is 5.91 Å². The molecule has 6 rings (SSSR count). The summed E-state index contributed by atoms with van der Waals surface area (Å²) in [6.45, 7) is 0.891. The normalized spacial score (nSPS) is 13.1. The molecule has 12 heteroatoms. The summed E-state index contributed by atoms with van der Waals surface area (Å²) < 4.78 is 0. The second kappa shape index (κ2) is 14.2. The maximum absolute atomic E-state index is 12.9. The van der Waals surface area contributed by atoms with Gasteiger partial charge in [0.2, 0.25) is 11.2 Å². The Hall–Kier alpha value is -5.66. The number of carboxylic acid groups (broad SMARTS) is 1. The zero-order valence-corrected chi connectivity index (χ0v) is 26.8. The standard InChI is InChI=1S/C37H32N4O7S/c42-30-15-13-28(29-14-16-32(44)41-33(29)30)31(43)21-38-18-22-9-11-23(12-10-22)34(45)39-19-27-20-40-35(49-27)24-5-4-8-26(17-24)37(48,36(46)47)25-6-2-1-3-7-25/h1-17,20,31,38,42-43,48H,18-19,21H2,(H,39,45)(H,41,44)(H,46,47)/t31-,37-/m0/s1. The molecular weight excluding hydrogens is 644 g/mol. The van der Waals surface area contributed by atoms with Crippen LogP contribution in [0.25, 0.3) is 21.5 Å². The van der Waals surface area contributed by atoms with E-state index in [9.17, 15) is 34.8 Å². The summed E-state index contributed by atoms with van der Waals surface area (Å²) in [7, 11) is 0. The summed E-state index contributed by atoms with van der Waals surface area (Å²) in [5.74, 6) is -1.73. The van der Waals surface area contributed by atoms with Gasteiger partial charge < -0.3 is 36.0 Å². The highest BCUT2D eigenvalue weighted by molar-refractivity contribution is 7.15. The zero-order chi connectivity index (χ0) is 34.5. The first kappa shape index (κ1) is 33.2. The molecule has 0 saturated heterocycles. The minimum atomic E-state index is -2.23. The number of phenols is 1. The number of hydrogen-bond donors (Lipinski definition) is 7. The molecule has 0 aliphatic carbocycles. The molecule has 1 amide bonds. The van der Waals surface area contributed by atoms with Crippen molar-refractivity contribution in [3.8, 4) is 16.3 Å². The van der Waals surface area contributed by atoms with Gasteiger partial charge >= 0.3 is 5.97 Å². The van der Waals surface area contributed by atoms with Crippen LogP contribution in [0, 0.1) is 0 Å². The fraction of sp³-hybridized carbons (Fsp3) is 0.135. The smallest absolute Gasteiger partial charge is 0.345 e. The number of carbonyl (C=O) groups excluding carboxylic acids is 1. The first-order chi connectivity index (χ1) is 23.6. The van der Waals surface area contributed by atoms with E-state index in [1.54, 1.807) is 85.1 Å². The number of phenolic OH excluding ortho intramolecular Hbond substituents is 1. The molecule has 0 aliphatic rings. The third-order valence-corrected chi connectivity index (χ3v) is 9.20. The number of carbonyl (C=O) groups is 2. The van der Waals surface area contributed by atoms with Gasteiger partial charge in [0.15, 0.2) is 0 Å². The van der Waals surface area contributed by atoms with Gasteiger partial charge in [-0.1, -0.05) is 66.7 Å². The van der Waals surface area contributed by atoms with Crippen molar-refractivity contribution in [1.82, 2.24) is 20.6 Å². The van der Waals surface area contributed by atoms with Crippen molar-refractivity contribution >= 4 is 34.1 Å². The largest absolute Gasteiger partial charge is 0.506 e. The highest BCUT2D eigenvalue weighted by atomic mass is 32.1. The van der Waals surface area contributed by atoms with Crippen LogP contribution in [0.5, 0.6) is 5.75 Å². The van der Waals surface area contributed by atoms with E-state index in [0.29, 0.717) is 33.6 Å². The second-order valence-corrected chi connectivity index (χ2v) is 12.5. The number of rotatable bonds is 12. The minimum Gasteiger partial charge on any atom is -0.506 e. The third kappa shape index (κ3) is 7.12. The van der Waals surface area contributed by atoms with Gasteiger partial charge in [-0.25, -0.2) is 9.78 Å². The van der Waals surface area contributed by atoms with Crippen molar-refractivity contribution in [2.75, 3.05) is 6.54 Å². The Balaban J connectivity index is 1.03. The summed E-state index contributed by atoms with van der Waals surface area (Å²) in [5, 5.41) is 49.3. The van der Waals surface area contributed by atoms with Crippen molar-refractivity contribution in [2.45, 2.75) is 24.8 Å². The molecule has 0 radical (unpaired) electrons. The van der Waals surface area contributed by atoms with Crippen LogP contribution in [-0.4, -0.2) is 48.8 Å². The Morgan fingerprint density at radius 3 is 2.41 bits per heavy atom. The summed E-state index contributed by atoms with van der Waals surface area (Å²) in [6.07, 6.45) is 0.759. The van der Waals surface area contributed by atoms with E-state index >= 15 is 0 Å². The van der Waals surface area contributed by atoms with E-state index in [1.807, 2.05) is 12.1 Å². The number of aliphatic carboxylic acids is 1. The number of hydrogen-bond acceptors (Lipinski definition) is 9. The fourth-order valence-electron chi connectivity index (χ4n) is 5.55. The molecule has 11 nitrogen and oxygen atoms in total. The predicted molar refractivity (Wildman–Crippen MR) is 185 cm³/mol. The third-order valence-electron chi connectivity index (χ3n) is 8.15. The molecule has 6 aromatic rings. The molecular formula is C37H32N4O7S. The summed E-state index contributed by atoms with van der Waals surface area (Å²) in [5.41, 5.74) is 0.718. The first-order valence-corrected chi connectivity index (χ1v) is 16.1. The van der Waals surface area contributed by atoms with Crippen LogP contribution in [0.3, 0.4) is 0 Å². The Morgan fingerprint density at radius 1 is 0.898 bits per heavy atom. The van der Waals surface area contributed by atoms with Gasteiger partial charge in [-0.05, 0) is 47.0 Å². The van der Waals surface area contributed by atoms with Gasteiger partial charge in [-0.2, -0.15) is 0 Å². The number of aliphatic hydroxyl groups excluding tert-OH is 1. The summed E-state index contributed by atoms with van der Waals surface area (Å²) in [6, 6.07) is 27.9. The highest BCUT2D eigenvalue weighted by Gasteiger charge is 2.40. The average molecular weight is 677 g/mol. The molecule has 0 unspecified atom stereocenters. The predicted octanol–water partition coefficient (Wildman–Crippen LogP) is 4.43. The molecule has 4 aromatic carbocycles. The number of amides is 1. The van der Waals surface area contributed by atoms with Gasteiger partial charge in [-0.3, -0.25) is 9.59 Å². The molecule has 2 heterocycles. The van der Waals surface area contributed by atoms with Gasteiger partial charge in [0.1, 0.15) is 10.8 Å². The van der Waals surface area contributed by atoms with Crippen LogP contribution in [0.15, 0.2) is 114 Å². The maximum Gasteiger partial charge on any atom is 0.345 e. The number of aromatic amines is 1. The molecule has 49 heavy (non-hydrogen) atoms. The molecule has 0 aliphatic heterocycles. The van der Waals surface area contributed by atoms with E-state index in [1.165, 1.54) is 23.5 Å². The number of aromatic nitrogens is 2. The lowest BCUT2D eigenvalue weighted by atomic mass is 9.86. The Labute approximate surface area is 284 Å². The average Bonchev–Trinajstić information content (AvgIpc) is 3.60. The highest BCUT2D eigenvalue weighted by Crippen LogP contribution is 2.34. The molecule has 0 fully saturated rings.